The van der Waals surface area contributed by atoms with E-state index < -0.39 is 11.3 Å². The van der Waals surface area contributed by atoms with E-state index >= 15 is 0 Å². The molecular weight excluding hydrogens is 224 g/mol. The highest BCUT2D eigenvalue weighted by Gasteiger charge is 2.39. The van der Waals surface area contributed by atoms with E-state index in [1.165, 1.54) is 0 Å². The van der Waals surface area contributed by atoms with Crippen LogP contribution in [0.15, 0.2) is 0 Å². The molecule has 0 spiro atoms. The van der Waals surface area contributed by atoms with Crippen LogP contribution in [-0.4, -0.2) is 49.7 Å². The van der Waals surface area contributed by atoms with Crippen LogP contribution < -0.4 is 11.1 Å². The molecule has 2 aliphatic heterocycles. The van der Waals surface area contributed by atoms with Gasteiger partial charge in [0, 0.05) is 13.2 Å². The van der Waals surface area contributed by atoms with Crippen LogP contribution >= 0.6 is 0 Å². The highest BCUT2D eigenvalue weighted by Crippen LogP contribution is 2.22. The maximum atomic E-state index is 11.9. The molecule has 2 rings (SSSR count). The van der Waals surface area contributed by atoms with Crippen molar-refractivity contribution in [3.05, 3.63) is 0 Å². The van der Waals surface area contributed by atoms with Crippen LogP contribution in [-0.2, 0) is 19.0 Å². The summed E-state index contributed by atoms with van der Waals surface area (Å²) in [6, 6.07) is 0. The molecule has 98 valence electrons. The minimum absolute atomic E-state index is 0.111. The zero-order chi connectivity index (χ0) is 12.5. The van der Waals surface area contributed by atoms with Crippen LogP contribution in [0.25, 0.3) is 0 Å². The van der Waals surface area contributed by atoms with Crippen molar-refractivity contribution in [2.24, 2.45) is 5.73 Å². The van der Waals surface area contributed by atoms with Crippen LogP contribution in [0.4, 0.5) is 0 Å². The van der Waals surface area contributed by atoms with Gasteiger partial charge in [-0.3, -0.25) is 4.79 Å². The fourth-order valence-electron chi connectivity index (χ4n) is 2.01. The Balaban J connectivity index is 1.77. The lowest BCUT2D eigenvalue weighted by Gasteiger charge is -2.22. The fourth-order valence-corrected chi connectivity index (χ4v) is 2.01. The van der Waals surface area contributed by atoms with Crippen molar-refractivity contribution in [1.29, 1.82) is 0 Å². The van der Waals surface area contributed by atoms with Gasteiger partial charge in [-0.25, -0.2) is 0 Å². The van der Waals surface area contributed by atoms with E-state index in [4.69, 9.17) is 19.9 Å². The van der Waals surface area contributed by atoms with Crippen LogP contribution in [0.2, 0.25) is 0 Å². The summed E-state index contributed by atoms with van der Waals surface area (Å²) in [5.41, 5.74) is 5.05. The standard InChI is InChI=1S/C11H20N2O4/c1-10(2)16-6-8(17-10)5-13-9(14)11(12)3-4-15-7-11/h8H,3-7,12H2,1-2H3,(H,13,14). The first-order valence-corrected chi connectivity index (χ1v) is 5.88. The van der Waals surface area contributed by atoms with Crippen molar-refractivity contribution in [3.8, 4) is 0 Å². The van der Waals surface area contributed by atoms with E-state index in [1.54, 1.807) is 0 Å². The largest absolute Gasteiger partial charge is 0.379 e. The molecule has 6 heteroatoms. The smallest absolute Gasteiger partial charge is 0.242 e. The lowest BCUT2D eigenvalue weighted by molar-refractivity contribution is -0.140. The monoisotopic (exact) mass is 244 g/mol. The average molecular weight is 244 g/mol. The van der Waals surface area contributed by atoms with Gasteiger partial charge in [0.15, 0.2) is 5.79 Å². The van der Waals surface area contributed by atoms with Crippen molar-refractivity contribution in [2.75, 3.05) is 26.4 Å². The van der Waals surface area contributed by atoms with E-state index in [-0.39, 0.29) is 18.6 Å². The predicted octanol–water partition coefficient (Wildman–Crippen LogP) is -0.628. The lowest BCUT2D eigenvalue weighted by Crippen LogP contribution is -2.55. The number of rotatable bonds is 3. The van der Waals surface area contributed by atoms with E-state index in [0.29, 0.717) is 26.2 Å². The Bertz CT molecular complexity index is 300. The Labute approximate surface area is 101 Å². The molecule has 0 bridgehead atoms. The number of carbonyl (C=O) groups is 1. The second kappa shape index (κ2) is 4.53. The minimum Gasteiger partial charge on any atom is -0.379 e. The summed E-state index contributed by atoms with van der Waals surface area (Å²) in [5.74, 6) is -0.741. The zero-order valence-electron chi connectivity index (χ0n) is 10.3. The third kappa shape index (κ3) is 2.95. The molecule has 3 N–H and O–H groups in total. The van der Waals surface area contributed by atoms with Gasteiger partial charge in [-0.1, -0.05) is 0 Å². The van der Waals surface area contributed by atoms with Gasteiger partial charge in [0.25, 0.3) is 0 Å². The Morgan fingerprint density at radius 3 is 2.82 bits per heavy atom. The Morgan fingerprint density at radius 2 is 2.29 bits per heavy atom. The molecule has 17 heavy (non-hydrogen) atoms. The van der Waals surface area contributed by atoms with Gasteiger partial charge in [-0.05, 0) is 20.3 Å². The summed E-state index contributed by atoms with van der Waals surface area (Å²) >= 11 is 0. The molecule has 6 nitrogen and oxygen atoms in total. The summed E-state index contributed by atoms with van der Waals surface area (Å²) < 4.78 is 16.1. The molecule has 2 heterocycles. The van der Waals surface area contributed by atoms with Gasteiger partial charge in [0.05, 0.1) is 13.2 Å². The topological polar surface area (TPSA) is 82.8 Å². The van der Waals surface area contributed by atoms with E-state index in [9.17, 15) is 4.79 Å². The van der Waals surface area contributed by atoms with Crippen LogP contribution in [0.5, 0.6) is 0 Å². The Hall–Kier alpha value is -0.690. The molecule has 2 atom stereocenters. The van der Waals surface area contributed by atoms with Gasteiger partial charge in [0.2, 0.25) is 5.91 Å². The van der Waals surface area contributed by atoms with E-state index in [1.807, 2.05) is 13.8 Å². The molecule has 0 aromatic heterocycles. The Kier molecular flexibility index (Phi) is 3.40. The molecular formula is C11H20N2O4. The van der Waals surface area contributed by atoms with E-state index in [0.717, 1.165) is 0 Å². The molecule has 1 amide bonds. The first kappa shape index (κ1) is 12.8. The van der Waals surface area contributed by atoms with Crippen molar-refractivity contribution >= 4 is 5.91 Å². The second-order valence-corrected chi connectivity index (χ2v) is 5.12. The maximum absolute atomic E-state index is 11.9. The quantitative estimate of drug-likeness (QED) is 0.691. The molecule has 2 fully saturated rings. The van der Waals surface area contributed by atoms with Gasteiger partial charge in [0.1, 0.15) is 11.6 Å². The fraction of sp³-hybridized carbons (Fsp3) is 0.909. The van der Waals surface area contributed by atoms with E-state index in [2.05, 4.69) is 5.32 Å². The molecule has 0 aromatic rings. The van der Waals surface area contributed by atoms with Gasteiger partial charge >= 0.3 is 0 Å². The summed E-state index contributed by atoms with van der Waals surface area (Å²) in [6.07, 6.45) is 0.451. The highest BCUT2D eigenvalue weighted by atomic mass is 16.7. The van der Waals surface area contributed by atoms with Crippen LogP contribution in [0.3, 0.4) is 0 Å². The molecule has 2 saturated heterocycles. The number of ether oxygens (including phenoxy) is 3. The number of nitrogens with two attached hydrogens (primary N) is 1. The molecule has 2 aliphatic rings. The third-order valence-corrected chi connectivity index (χ3v) is 3.06. The second-order valence-electron chi connectivity index (χ2n) is 5.12. The number of nitrogens with one attached hydrogen (secondary N) is 1. The summed E-state index contributed by atoms with van der Waals surface area (Å²) in [6.45, 7) is 5.43. The van der Waals surface area contributed by atoms with Gasteiger partial charge < -0.3 is 25.3 Å². The SMILES string of the molecule is CC1(C)OCC(CNC(=O)C2(N)CCOC2)O1. The summed E-state index contributed by atoms with van der Waals surface area (Å²) in [5, 5.41) is 2.80. The van der Waals surface area contributed by atoms with Crippen molar-refractivity contribution in [1.82, 2.24) is 5.32 Å². The molecule has 0 aromatic carbocycles. The first-order chi connectivity index (χ1) is 7.91. The average Bonchev–Trinajstić information content (AvgIpc) is 2.82. The van der Waals surface area contributed by atoms with Crippen molar-refractivity contribution < 1.29 is 19.0 Å². The van der Waals surface area contributed by atoms with Crippen molar-refractivity contribution in [2.45, 2.75) is 37.7 Å². The first-order valence-electron chi connectivity index (χ1n) is 5.88. The van der Waals surface area contributed by atoms with Gasteiger partial charge in [-0.15, -0.1) is 0 Å². The van der Waals surface area contributed by atoms with Gasteiger partial charge in [-0.2, -0.15) is 0 Å². The molecule has 0 saturated carbocycles. The predicted molar refractivity (Wildman–Crippen MR) is 60.3 cm³/mol. The minimum atomic E-state index is -0.880. The lowest BCUT2D eigenvalue weighted by atomic mass is 9.99. The van der Waals surface area contributed by atoms with Crippen LogP contribution in [0.1, 0.15) is 20.3 Å². The number of amides is 1. The summed E-state index contributed by atoms with van der Waals surface area (Å²) in [4.78, 5) is 11.9. The molecule has 0 aliphatic carbocycles. The third-order valence-electron chi connectivity index (χ3n) is 3.06. The molecule has 2 unspecified atom stereocenters. The normalized spacial score (nSPS) is 36.1. The van der Waals surface area contributed by atoms with Crippen molar-refractivity contribution in [3.63, 3.8) is 0 Å². The maximum Gasteiger partial charge on any atom is 0.242 e. The molecule has 0 radical (unpaired) electrons. The number of carbonyl (C=O) groups excluding carboxylic acids is 1. The summed E-state index contributed by atoms with van der Waals surface area (Å²) in [7, 11) is 0. The zero-order valence-corrected chi connectivity index (χ0v) is 10.3. The number of hydrogen-bond donors (Lipinski definition) is 2. The van der Waals surface area contributed by atoms with Crippen LogP contribution in [0, 0.1) is 0 Å². The Morgan fingerprint density at radius 1 is 1.53 bits per heavy atom. The highest BCUT2D eigenvalue weighted by molar-refractivity contribution is 5.86. The number of hydrogen-bond acceptors (Lipinski definition) is 5.